The van der Waals surface area contributed by atoms with Crippen LogP contribution in [0.15, 0.2) is 18.6 Å². The predicted octanol–water partition coefficient (Wildman–Crippen LogP) is 0.413. The Morgan fingerprint density at radius 3 is 3.07 bits per heavy atom. The van der Waals surface area contributed by atoms with Gasteiger partial charge in [-0.2, -0.15) is 0 Å². The van der Waals surface area contributed by atoms with Gasteiger partial charge < -0.3 is 10.6 Å². The molecule has 1 saturated heterocycles. The Bertz CT molecular complexity index is 341. The van der Waals surface area contributed by atoms with Crippen molar-refractivity contribution in [3.05, 3.63) is 18.6 Å². The van der Waals surface area contributed by atoms with Gasteiger partial charge in [0.1, 0.15) is 0 Å². The van der Waals surface area contributed by atoms with E-state index in [-0.39, 0.29) is 17.9 Å². The Kier molecular flexibility index (Phi) is 2.91. The molecule has 5 heteroatoms. The van der Waals surface area contributed by atoms with Crippen LogP contribution in [0.4, 0.5) is 5.82 Å². The number of hydrogen-bond acceptors (Lipinski definition) is 4. The van der Waals surface area contributed by atoms with Crippen molar-refractivity contribution in [1.82, 2.24) is 15.3 Å². The molecule has 2 atom stereocenters. The van der Waals surface area contributed by atoms with E-state index in [1.807, 2.05) is 6.92 Å². The lowest BCUT2D eigenvalue weighted by Gasteiger charge is -2.13. The van der Waals surface area contributed by atoms with Gasteiger partial charge in [-0.25, -0.2) is 4.98 Å². The molecule has 1 aromatic heterocycles. The maximum Gasteiger partial charge on any atom is 0.230 e. The summed E-state index contributed by atoms with van der Waals surface area (Å²) in [4.78, 5) is 19.7. The first-order valence-electron chi connectivity index (χ1n) is 5.07. The smallest absolute Gasteiger partial charge is 0.230 e. The van der Waals surface area contributed by atoms with E-state index >= 15 is 0 Å². The number of nitrogens with zero attached hydrogens (tertiary/aromatic N) is 2. The molecule has 0 aliphatic carbocycles. The number of rotatable bonds is 2. The van der Waals surface area contributed by atoms with Crippen LogP contribution >= 0.6 is 0 Å². The Morgan fingerprint density at radius 1 is 1.60 bits per heavy atom. The Labute approximate surface area is 88.3 Å². The van der Waals surface area contributed by atoms with Gasteiger partial charge in [0.25, 0.3) is 0 Å². The average Bonchev–Trinajstić information content (AvgIpc) is 2.66. The second kappa shape index (κ2) is 4.35. The molecule has 1 aromatic rings. The van der Waals surface area contributed by atoms with Gasteiger partial charge >= 0.3 is 0 Å². The summed E-state index contributed by atoms with van der Waals surface area (Å²) in [5.74, 6) is 0.571. The second-order valence-electron chi connectivity index (χ2n) is 3.72. The topological polar surface area (TPSA) is 66.9 Å². The van der Waals surface area contributed by atoms with E-state index in [1.165, 1.54) is 0 Å². The molecule has 2 heterocycles. The van der Waals surface area contributed by atoms with Gasteiger partial charge in [0.15, 0.2) is 5.82 Å². The summed E-state index contributed by atoms with van der Waals surface area (Å²) in [5.41, 5.74) is 0. The highest BCUT2D eigenvalue weighted by molar-refractivity contribution is 5.92. The van der Waals surface area contributed by atoms with Crippen molar-refractivity contribution in [3.8, 4) is 0 Å². The molecule has 2 N–H and O–H groups in total. The zero-order valence-electron chi connectivity index (χ0n) is 8.60. The lowest BCUT2D eigenvalue weighted by atomic mass is 10.0. The van der Waals surface area contributed by atoms with E-state index in [9.17, 15) is 4.79 Å². The Morgan fingerprint density at radius 2 is 2.47 bits per heavy atom. The molecule has 0 saturated carbocycles. The van der Waals surface area contributed by atoms with Gasteiger partial charge in [-0.15, -0.1) is 0 Å². The average molecular weight is 206 g/mol. The number of hydrogen-bond donors (Lipinski definition) is 2. The summed E-state index contributed by atoms with van der Waals surface area (Å²) in [6.45, 7) is 2.92. The van der Waals surface area contributed by atoms with Gasteiger partial charge in [0, 0.05) is 18.4 Å². The van der Waals surface area contributed by atoms with Gasteiger partial charge in [0.2, 0.25) is 5.91 Å². The van der Waals surface area contributed by atoms with Crippen molar-refractivity contribution in [2.45, 2.75) is 19.4 Å². The van der Waals surface area contributed by atoms with Crippen LogP contribution in [0.25, 0.3) is 0 Å². The van der Waals surface area contributed by atoms with Crippen molar-refractivity contribution >= 4 is 11.7 Å². The third-order valence-corrected chi connectivity index (χ3v) is 2.68. The van der Waals surface area contributed by atoms with Crippen LogP contribution < -0.4 is 10.6 Å². The number of carbonyl (C=O) groups excluding carboxylic acids is 1. The Balaban J connectivity index is 1.98. The van der Waals surface area contributed by atoms with Gasteiger partial charge in [-0.05, 0) is 19.9 Å². The third-order valence-electron chi connectivity index (χ3n) is 2.68. The molecule has 0 radical (unpaired) electrons. The number of aromatic nitrogens is 2. The lowest BCUT2D eigenvalue weighted by molar-refractivity contribution is -0.120. The highest BCUT2D eigenvalue weighted by Gasteiger charge is 2.29. The fourth-order valence-electron chi connectivity index (χ4n) is 1.80. The number of carbonyl (C=O) groups is 1. The van der Waals surface area contributed by atoms with Gasteiger partial charge in [0.05, 0.1) is 12.1 Å². The molecule has 2 rings (SSSR count). The van der Waals surface area contributed by atoms with Crippen molar-refractivity contribution in [2.24, 2.45) is 5.92 Å². The normalized spacial score (nSPS) is 25.1. The second-order valence-corrected chi connectivity index (χ2v) is 3.72. The molecule has 0 spiro atoms. The first-order chi connectivity index (χ1) is 7.27. The highest BCUT2D eigenvalue weighted by Crippen LogP contribution is 2.16. The minimum absolute atomic E-state index is 0.0213. The minimum atomic E-state index is 0.0213. The van der Waals surface area contributed by atoms with Crippen LogP contribution in [0, 0.1) is 5.92 Å². The van der Waals surface area contributed by atoms with E-state index in [4.69, 9.17) is 0 Å². The van der Waals surface area contributed by atoms with E-state index in [0.717, 1.165) is 13.0 Å². The molecule has 0 bridgehead atoms. The summed E-state index contributed by atoms with van der Waals surface area (Å²) in [6, 6.07) is 0.238. The zero-order chi connectivity index (χ0) is 10.7. The van der Waals surface area contributed by atoms with Crippen LogP contribution in [0.5, 0.6) is 0 Å². The van der Waals surface area contributed by atoms with Crippen molar-refractivity contribution in [3.63, 3.8) is 0 Å². The molecule has 5 nitrogen and oxygen atoms in total. The summed E-state index contributed by atoms with van der Waals surface area (Å²) >= 11 is 0. The number of nitrogens with one attached hydrogen (secondary N) is 2. The van der Waals surface area contributed by atoms with Crippen LogP contribution in [0.3, 0.4) is 0 Å². The van der Waals surface area contributed by atoms with Gasteiger partial charge in [-0.1, -0.05) is 0 Å². The van der Waals surface area contributed by atoms with E-state index in [2.05, 4.69) is 20.6 Å². The minimum Gasteiger partial charge on any atom is -0.313 e. The first-order valence-corrected chi connectivity index (χ1v) is 5.07. The van der Waals surface area contributed by atoms with Crippen molar-refractivity contribution in [1.29, 1.82) is 0 Å². The summed E-state index contributed by atoms with van der Waals surface area (Å²) < 4.78 is 0. The van der Waals surface area contributed by atoms with Crippen LogP contribution in [0.2, 0.25) is 0 Å². The van der Waals surface area contributed by atoms with E-state index in [1.54, 1.807) is 18.6 Å². The fourth-order valence-corrected chi connectivity index (χ4v) is 1.80. The predicted molar refractivity (Wildman–Crippen MR) is 56.2 cm³/mol. The maximum absolute atomic E-state index is 11.8. The van der Waals surface area contributed by atoms with Crippen molar-refractivity contribution < 1.29 is 4.79 Å². The third kappa shape index (κ3) is 2.30. The molecule has 1 aliphatic heterocycles. The number of anilines is 1. The summed E-state index contributed by atoms with van der Waals surface area (Å²) in [5, 5.41) is 6.00. The van der Waals surface area contributed by atoms with Crippen LogP contribution in [-0.4, -0.2) is 28.5 Å². The molecular weight excluding hydrogens is 192 g/mol. The van der Waals surface area contributed by atoms with Crippen LogP contribution in [-0.2, 0) is 4.79 Å². The maximum atomic E-state index is 11.8. The van der Waals surface area contributed by atoms with Crippen LogP contribution in [0.1, 0.15) is 13.3 Å². The monoisotopic (exact) mass is 206 g/mol. The molecule has 0 aromatic carbocycles. The number of amides is 1. The quantitative estimate of drug-likeness (QED) is 0.735. The molecule has 80 valence electrons. The standard InChI is InChI=1S/C10H14N4O/c1-7-8(2-3-12-7)10(15)14-9-6-11-4-5-13-9/h4-8,12H,2-3H2,1H3,(H,13,14,15). The highest BCUT2D eigenvalue weighted by atomic mass is 16.2. The molecule has 1 amide bonds. The van der Waals surface area contributed by atoms with E-state index in [0.29, 0.717) is 5.82 Å². The largest absolute Gasteiger partial charge is 0.313 e. The molecule has 15 heavy (non-hydrogen) atoms. The first kappa shape index (κ1) is 10.0. The zero-order valence-corrected chi connectivity index (χ0v) is 8.60. The molecule has 2 unspecified atom stereocenters. The molecular formula is C10H14N4O. The SMILES string of the molecule is CC1NCCC1C(=O)Nc1cnccn1. The summed E-state index contributed by atoms with van der Waals surface area (Å²) in [7, 11) is 0. The molecule has 1 aliphatic rings. The van der Waals surface area contributed by atoms with E-state index < -0.39 is 0 Å². The summed E-state index contributed by atoms with van der Waals surface area (Å²) in [6.07, 6.45) is 5.57. The van der Waals surface area contributed by atoms with Gasteiger partial charge in [-0.3, -0.25) is 9.78 Å². The van der Waals surface area contributed by atoms with Crippen molar-refractivity contribution in [2.75, 3.05) is 11.9 Å². The molecule has 1 fully saturated rings. The lowest BCUT2D eigenvalue weighted by Crippen LogP contribution is -2.32. The Hall–Kier alpha value is -1.49. The fraction of sp³-hybridized carbons (Fsp3) is 0.500.